The van der Waals surface area contributed by atoms with Crippen molar-refractivity contribution in [2.24, 2.45) is 0 Å². The lowest BCUT2D eigenvalue weighted by molar-refractivity contribution is 0.634. The molecule has 4 heteroatoms. The molecule has 0 amide bonds. The first-order chi connectivity index (χ1) is 27.8. The third-order valence-corrected chi connectivity index (χ3v) is 12.8. The predicted molar refractivity (Wildman–Crippen MR) is 235 cm³/mol. The Labute approximate surface area is 323 Å². The minimum Gasteiger partial charge on any atom is -0.456 e. The van der Waals surface area contributed by atoms with Gasteiger partial charge in [-0.2, -0.15) is 0 Å². The van der Waals surface area contributed by atoms with Crippen LogP contribution in [0.25, 0.3) is 130 Å². The average Bonchev–Trinajstić information content (AvgIpc) is 4.02. The van der Waals surface area contributed by atoms with Crippen LogP contribution in [0, 0.1) is 0 Å². The Hall–Kier alpha value is -7.14. The van der Waals surface area contributed by atoms with Crippen molar-refractivity contribution < 1.29 is 13.3 Å². The second-order valence-corrected chi connectivity index (χ2v) is 15.7. The van der Waals surface area contributed by atoms with Crippen LogP contribution in [0.3, 0.4) is 0 Å². The van der Waals surface area contributed by atoms with E-state index in [0.717, 1.165) is 110 Å². The summed E-state index contributed by atoms with van der Waals surface area (Å²) < 4.78 is 23.0. The van der Waals surface area contributed by atoms with Crippen LogP contribution in [0.15, 0.2) is 183 Å². The molecule has 0 N–H and O–H groups in total. The van der Waals surface area contributed by atoms with Crippen molar-refractivity contribution in [2.75, 3.05) is 0 Å². The van der Waals surface area contributed by atoms with Gasteiger partial charge >= 0.3 is 0 Å². The van der Waals surface area contributed by atoms with E-state index in [1.807, 2.05) is 23.5 Å². The summed E-state index contributed by atoms with van der Waals surface area (Å²) in [4.78, 5) is 0. The third-order valence-electron chi connectivity index (χ3n) is 11.7. The third kappa shape index (κ3) is 4.06. The van der Waals surface area contributed by atoms with Crippen LogP contribution in [0.2, 0.25) is 0 Å². The number of rotatable bonds is 3. The monoisotopic (exact) mass is 732 g/mol. The number of benzene rings is 9. The van der Waals surface area contributed by atoms with Crippen molar-refractivity contribution >= 4 is 108 Å². The molecule has 13 rings (SSSR count). The van der Waals surface area contributed by atoms with E-state index in [-0.39, 0.29) is 0 Å². The van der Waals surface area contributed by atoms with Gasteiger partial charge in [0.25, 0.3) is 0 Å². The molecule has 13 aromatic rings. The van der Waals surface area contributed by atoms with Crippen molar-refractivity contribution in [1.29, 1.82) is 0 Å². The molecule has 260 valence electrons. The Morgan fingerprint density at radius 2 is 0.964 bits per heavy atom. The Balaban J connectivity index is 1.14. The zero-order chi connectivity index (χ0) is 36.5. The fourth-order valence-electron chi connectivity index (χ4n) is 9.31. The normalized spacial score (nSPS) is 12.3. The molecule has 0 fully saturated rings. The van der Waals surface area contributed by atoms with Crippen LogP contribution in [-0.4, -0.2) is 0 Å². The van der Waals surface area contributed by atoms with Crippen LogP contribution in [0.5, 0.6) is 0 Å². The van der Waals surface area contributed by atoms with E-state index in [9.17, 15) is 0 Å². The Morgan fingerprint density at radius 1 is 0.321 bits per heavy atom. The SMILES string of the molecule is c1ccc(-c2c(-c3c4ccccc4c(-c4cccc5c4oc4c5ccc5oc6ccccc6c54)c4ccccc34)oc3cc4c(cc23)sc2ccccc24)cc1. The molecule has 0 atom stereocenters. The summed E-state index contributed by atoms with van der Waals surface area (Å²) in [6.45, 7) is 0. The highest BCUT2D eigenvalue weighted by Crippen LogP contribution is 2.52. The van der Waals surface area contributed by atoms with E-state index in [1.165, 1.54) is 20.2 Å². The molecule has 0 saturated carbocycles. The average molecular weight is 733 g/mol. The fraction of sp³-hybridized carbons (Fsp3) is 0. The maximum absolute atomic E-state index is 7.18. The minimum atomic E-state index is 0.827. The van der Waals surface area contributed by atoms with E-state index in [0.29, 0.717) is 0 Å². The van der Waals surface area contributed by atoms with Crippen LogP contribution in [0.1, 0.15) is 0 Å². The first-order valence-electron chi connectivity index (χ1n) is 18.9. The number of furan rings is 3. The van der Waals surface area contributed by atoms with E-state index in [1.54, 1.807) is 0 Å². The molecular weight excluding hydrogens is 705 g/mol. The van der Waals surface area contributed by atoms with Crippen molar-refractivity contribution in [3.05, 3.63) is 170 Å². The molecule has 0 aliphatic carbocycles. The van der Waals surface area contributed by atoms with Crippen molar-refractivity contribution in [2.45, 2.75) is 0 Å². The molecule has 9 aromatic carbocycles. The molecule has 56 heavy (non-hydrogen) atoms. The largest absolute Gasteiger partial charge is 0.456 e. The molecule has 3 nitrogen and oxygen atoms in total. The van der Waals surface area contributed by atoms with E-state index in [2.05, 4.69) is 158 Å². The van der Waals surface area contributed by atoms with Gasteiger partial charge in [-0.3, -0.25) is 0 Å². The van der Waals surface area contributed by atoms with Crippen LogP contribution in [-0.2, 0) is 0 Å². The van der Waals surface area contributed by atoms with Crippen molar-refractivity contribution in [1.82, 2.24) is 0 Å². The fourth-order valence-corrected chi connectivity index (χ4v) is 10.4. The molecule has 0 aliphatic heterocycles. The molecule has 0 aliphatic rings. The summed E-state index contributed by atoms with van der Waals surface area (Å²) in [5.41, 5.74) is 9.81. The van der Waals surface area contributed by atoms with Crippen molar-refractivity contribution in [3.8, 4) is 33.6 Å². The highest BCUT2D eigenvalue weighted by Gasteiger charge is 2.26. The minimum absolute atomic E-state index is 0.827. The molecule has 0 spiro atoms. The second-order valence-electron chi connectivity index (χ2n) is 14.7. The molecule has 0 bridgehead atoms. The highest BCUT2D eigenvalue weighted by atomic mass is 32.1. The van der Waals surface area contributed by atoms with Gasteiger partial charge in [0.05, 0.1) is 5.39 Å². The molecular formula is C52H28O3S. The lowest BCUT2D eigenvalue weighted by Gasteiger charge is -2.17. The Morgan fingerprint density at radius 3 is 1.75 bits per heavy atom. The number of hydrogen-bond acceptors (Lipinski definition) is 4. The van der Waals surface area contributed by atoms with Gasteiger partial charge in [-0.15, -0.1) is 11.3 Å². The lowest BCUT2D eigenvalue weighted by atomic mass is 9.85. The van der Waals surface area contributed by atoms with Gasteiger partial charge in [0, 0.05) is 64.0 Å². The summed E-state index contributed by atoms with van der Waals surface area (Å²) in [5.74, 6) is 0.878. The predicted octanol–water partition coefficient (Wildman–Crippen LogP) is 15.9. The molecule has 4 aromatic heterocycles. The van der Waals surface area contributed by atoms with Crippen molar-refractivity contribution in [3.63, 3.8) is 0 Å². The van der Waals surface area contributed by atoms with Gasteiger partial charge in [-0.05, 0) is 63.5 Å². The Bertz CT molecular complexity index is 3710. The summed E-state index contributed by atoms with van der Waals surface area (Å²) in [6, 6.07) is 60.4. The zero-order valence-electron chi connectivity index (χ0n) is 29.8. The van der Waals surface area contributed by atoms with Crippen LogP contribution < -0.4 is 0 Å². The summed E-state index contributed by atoms with van der Waals surface area (Å²) in [5, 5.41) is 12.4. The molecule has 4 heterocycles. The standard InChI is InChI=1S/C52H28O3S/c1-2-13-29(14-3-1)46-40-28-45-39(30-15-9-11-24-44(30)56-45)27-43(40)54-52(46)48-33-18-6-4-16-31(33)47(32-17-5-7-19-34(32)48)38-22-12-21-35-36-25-26-42-49(51(36)55-50(35)38)37-20-8-10-23-41(37)53-42/h1-28H. The maximum Gasteiger partial charge on any atom is 0.147 e. The quantitative estimate of drug-likeness (QED) is 0.170. The van der Waals surface area contributed by atoms with Gasteiger partial charge in [-0.25, -0.2) is 0 Å². The number of hydrogen-bond donors (Lipinski definition) is 0. The van der Waals surface area contributed by atoms with Gasteiger partial charge in [0.1, 0.15) is 33.7 Å². The van der Waals surface area contributed by atoms with E-state index >= 15 is 0 Å². The first-order valence-corrected chi connectivity index (χ1v) is 19.7. The summed E-state index contributed by atoms with van der Waals surface area (Å²) in [6.07, 6.45) is 0. The molecule has 0 radical (unpaired) electrons. The molecule has 0 unspecified atom stereocenters. The van der Waals surface area contributed by atoms with Gasteiger partial charge < -0.3 is 13.3 Å². The lowest BCUT2D eigenvalue weighted by Crippen LogP contribution is -1.91. The number of para-hydroxylation sites is 2. The maximum atomic E-state index is 7.18. The number of thiophene rings is 1. The van der Waals surface area contributed by atoms with Crippen LogP contribution in [0.4, 0.5) is 0 Å². The first kappa shape index (κ1) is 30.2. The second kappa shape index (κ2) is 11.2. The smallest absolute Gasteiger partial charge is 0.147 e. The zero-order valence-corrected chi connectivity index (χ0v) is 30.6. The topological polar surface area (TPSA) is 39.4 Å². The summed E-state index contributed by atoms with van der Waals surface area (Å²) in [7, 11) is 0. The van der Waals surface area contributed by atoms with Gasteiger partial charge in [0.15, 0.2) is 0 Å². The van der Waals surface area contributed by atoms with E-state index < -0.39 is 0 Å². The molecule has 0 saturated heterocycles. The Kier molecular flexibility index (Phi) is 6.04. The number of fused-ring (bicyclic) bond motifs is 13. The highest BCUT2D eigenvalue weighted by molar-refractivity contribution is 7.25. The van der Waals surface area contributed by atoms with Gasteiger partial charge in [-0.1, -0.05) is 133 Å². The summed E-state index contributed by atoms with van der Waals surface area (Å²) >= 11 is 1.84. The van der Waals surface area contributed by atoms with Crippen LogP contribution >= 0.6 is 11.3 Å². The van der Waals surface area contributed by atoms with E-state index in [4.69, 9.17) is 13.3 Å². The van der Waals surface area contributed by atoms with Gasteiger partial charge in [0.2, 0.25) is 0 Å².